The zero-order valence-electron chi connectivity index (χ0n) is 18.3. The van der Waals surface area contributed by atoms with E-state index in [1.165, 1.54) is 22.4 Å². The maximum Gasteiger partial charge on any atom is 0.490 e. The lowest BCUT2D eigenvalue weighted by Crippen LogP contribution is -2.30. The second kappa shape index (κ2) is 10.6. The molecule has 3 aromatic rings. The van der Waals surface area contributed by atoms with E-state index in [2.05, 4.69) is 30.7 Å². The summed E-state index contributed by atoms with van der Waals surface area (Å²) in [4.78, 5) is 28.1. The number of carboxylic acid groups (broad SMARTS) is 1. The zero-order chi connectivity index (χ0) is 25.8. The molecule has 4 heterocycles. The molecule has 0 radical (unpaired) electrons. The van der Waals surface area contributed by atoms with Gasteiger partial charge in [-0.2, -0.15) is 18.3 Å². The first-order valence-corrected chi connectivity index (χ1v) is 10.2. The highest BCUT2D eigenvalue weighted by Crippen LogP contribution is 2.25. The number of halogens is 5. The first-order chi connectivity index (χ1) is 16.5. The monoisotopic (exact) mass is 504 g/mol. The molecular formula is C19H21F5N8O3. The maximum absolute atomic E-state index is 13.1. The summed E-state index contributed by atoms with van der Waals surface area (Å²) in [6.07, 6.45) is -3.91. The van der Waals surface area contributed by atoms with Gasteiger partial charge in [0, 0.05) is 32.9 Å². The predicted molar refractivity (Wildman–Crippen MR) is 112 cm³/mol. The van der Waals surface area contributed by atoms with Gasteiger partial charge in [-0.3, -0.25) is 9.48 Å². The Morgan fingerprint density at radius 1 is 1.17 bits per heavy atom. The van der Waals surface area contributed by atoms with Gasteiger partial charge in [-0.25, -0.2) is 23.1 Å². The SMILES string of the molecule is Cn1cc(NC(=O)c2ccc3cnc(N4CCCNCC4)nn23)c(C(F)F)n1.O=C(O)C(F)(F)F. The number of fused-ring (bicyclic) bond motifs is 1. The van der Waals surface area contributed by atoms with Crippen molar-refractivity contribution in [2.24, 2.45) is 7.05 Å². The fraction of sp³-hybridized carbons (Fsp3) is 0.421. The summed E-state index contributed by atoms with van der Waals surface area (Å²) in [5.41, 5.74) is 0.382. The van der Waals surface area contributed by atoms with Gasteiger partial charge in [0.15, 0.2) is 5.69 Å². The molecule has 190 valence electrons. The molecule has 0 aromatic carbocycles. The average molecular weight is 504 g/mol. The molecule has 1 amide bonds. The molecule has 0 saturated carbocycles. The Morgan fingerprint density at radius 3 is 2.54 bits per heavy atom. The van der Waals surface area contributed by atoms with Crippen molar-refractivity contribution in [2.45, 2.75) is 19.0 Å². The van der Waals surface area contributed by atoms with Crippen molar-refractivity contribution in [3.63, 3.8) is 0 Å². The van der Waals surface area contributed by atoms with E-state index in [4.69, 9.17) is 9.90 Å². The number of carboxylic acids is 1. The zero-order valence-corrected chi connectivity index (χ0v) is 18.3. The molecule has 1 aliphatic heterocycles. The van der Waals surface area contributed by atoms with E-state index >= 15 is 0 Å². The van der Waals surface area contributed by atoms with E-state index < -0.39 is 30.2 Å². The summed E-state index contributed by atoms with van der Waals surface area (Å²) < 4.78 is 60.7. The minimum atomic E-state index is -5.08. The van der Waals surface area contributed by atoms with Crippen molar-refractivity contribution < 1.29 is 36.6 Å². The summed E-state index contributed by atoms with van der Waals surface area (Å²) >= 11 is 0. The third-order valence-corrected chi connectivity index (χ3v) is 4.80. The van der Waals surface area contributed by atoms with Gasteiger partial charge < -0.3 is 20.6 Å². The Labute approximate surface area is 194 Å². The molecule has 1 saturated heterocycles. The van der Waals surface area contributed by atoms with E-state index in [-0.39, 0.29) is 11.4 Å². The molecule has 11 nitrogen and oxygen atoms in total. The van der Waals surface area contributed by atoms with Crippen LogP contribution in [0.1, 0.15) is 29.0 Å². The van der Waals surface area contributed by atoms with Crippen LogP contribution >= 0.6 is 0 Å². The summed E-state index contributed by atoms with van der Waals surface area (Å²) in [6.45, 7) is 3.35. The number of amides is 1. The van der Waals surface area contributed by atoms with Crippen LogP contribution in [0.4, 0.5) is 33.6 Å². The van der Waals surface area contributed by atoms with Crippen molar-refractivity contribution in [1.29, 1.82) is 0 Å². The fourth-order valence-corrected chi connectivity index (χ4v) is 3.21. The quantitative estimate of drug-likeness (QED) is 0.461. The van der Waals surface area contributed by atoms with E-state index in [0.29, 0.717) is 11.5 Å². The summed E-state index contributed by atoms with van der Waals surface area (Å²) in [5, 5.41) is 21.1. The van der Waals surface area contributed by atoms with Gasteiger partial charge in [-0.15, -0.1) is 5.10 Å². The molecule has 1 aliphatic rings. The number of aryl methyl sites for hydroxylation is 1. The van der Waals surface area contributed by atoms with E-state index in [0.717, 1.165) is 32.6 Å². The number of nitrogens with one attached hydrogen (secondary N) is 2. The number of aliphatic carboxylic acids is 1. The number of nitrogens with zero attached hydrogens (tertiary/aromatic N) is 6. The maximum atomic E-state index is 13.1. The van der Waals surface area contributed by atoms with Gasteiger partial charge in [0.25, 0.3) is 12.3 Å². The summed E-state index contributed by atoms with van der Waals surface area (Å²) in [5.74, 6) is -2.78. The number of aromatic nitrogens is 5. The summed E-state index contributed by atoms with van der Waals surface area (Å²) in [6, 6.07) is 3.30. The largest absolute Gasteiger partial charge is 0.490 e. The first-order valence-electron chi connectivity index (χ1n) is 10.2. The lowest BCUT2D eigenvalue weighted by atomic mass is 10.3. The Kier molecular flexibility index (Phi) is 7.83. The lowest BCUT2D eigenvalue weighted by molar-refractivity contribution is -0.192. The van der Waals surface area contributed by atoms with E-state index in [9.17, 15) is 26.7 Å². The molecule has 3 N–H and O–H groups in total. The highest BCUT2D eigenvalue weighted by Gasteiger charge is 2.38. The standard InChI is InChI=1S/C17H20F2N8O.C2HF3O2/c1-25-10-12(14(23-25)15(18)19)22-16(28)13-4-3-11-9-21-17(24-27(11)13)26-7-2-5-20-6-8-26;3-2(4,5)1(6)7/h3-4,9-10,15,20H,2,5-8H2,1H3,(H,22,28);(H,6,7). The van der Waals surface area contributed by atoms with Crippen LogP contribution in [0.2, 0.25) is 0 Å². The van der Waals surface area contributed by atoms with Crippen LogP contribution in [0.25, 0.3) is 5.52 Å². The van der Waals surface area contributed by atoms with Gasteiger partial charge in [-0.05, 0) is 25.1 Å². The molecule has 1 fully saturated rings. The lowest BCUT2D eigenvalue weighted by Gasteiger charge is -2.19. The number of carbonyl (C=O) groups is 2. The number of hydrogen-bond acceptors (Lipinski definition) is 7. The molecular weight excluding hydrogens is 483 g/mol. The normalized spacial score (nSPS) is 14.4. The van der Waals surface area contributed by atoms with Gasteiger partial charge >= 0.3 is 12.1 Å². The Hall–Kier alpha value is -3.82. The van der Waals surface area contributed by atoms with Crippen molar-refractivity contribution in [3.8, 4) is 0 Å². The van der Waals surface area contributed by atoms with Gasteiger partial charge in [-0.1, -0.05) is 0 Å². The minimum absolute atomic E-state index is 0.0228. The number of alkyl halides is 5. The molecule has 4 rings (SSSR count). The second-order valence-corrected chi connectivity index (χ2v) is 7.36. The van der Waals surface area contributed by atoms with Gasteiger partial charge in [0.1, 0.15) is 5.69 Å². The molecule has 0 spiro atoms. The van der Waals surface area contributed by atoms with E-state index in [1.54, 1.807) is 18.3 Å². The molecule has 0 atom stereocenters. The number of carbonyl (C=O) groups excluding carboxylic acids is 1. The van der Waals surface area contributed by atoms with Crippen molar-refractivity contribution in [3.05, 3.63) is 35.9 Å². The van der Waals surface area contributed by atoms with Crippen LogP contribution in [0.3, 0.4) is 0 Å². The van der Waals surface area contributed by atoms with Crippen molar-refractivity contribution >= 4 is 29.0 Å². The highest BCUT2D eigenvalue weighted by atomic mass is 19.4. The smallest absolute Gasteiger partial charge is 0.475 e. The first kappa shape index (κ1) is 25.8. The molecule has 0 unspecified atom stereocenters. The minimum Gasteiger partial charge on any atom is -0.475 e. The molecule has 16 heteroatoms. The van der Waals surface area contributed by atoms with E-state index in [1.807, 2.05) is 0 Å². The number of hydrogen-bond donors (Lipinski definition) is 3. The van der Waals surface area contributed by atoms with Gasteiger partial charge in [0.05, 0.1) is 17.4 Å². The van der Waals surface area contributed by atoms with Crippen molar-refractivity contribution in [1.82, 2.24) is 29.7 Å². The van der Waals surface area contributed by atoms with Crippen LogP contribution < -0.4 is 15.5 Å². The predicted octanol–water partition coefficient (Wildman–Crippen LogP) is 2.09. The average Bonchev–Trinajstić information content (AvgIpc) is 3.25. The van der Waals surface area contributed by atoms with Crippen molar-refractivity contribution in [2.75, 3.05) is 36.4 Å². The van der Waals surface area contributed by atoms with Crippen LogP contribution in [-0.2, 0) is 11.8 Å². The Bertz CT molecular complexity index is 1190. The van der Waals surface area contributed by atoms with Crippen LogP contribution in [0, 0.1) is 0 Å². The summed E-state index contributed by atoms with van der Waals surface area (Å²) in [7, 11) is 1.52. The third kappa shape index (κ3) is 6.40. The molecule has 0 bridgehead atoms. The Morgan fingerprint density at radius 2 is 1.89 bits per heavy atom. The van der Waals surface area contributed by atoms with Crippen LogP contribution in [0.15, 0.2) is 24.5 Å². The van der Waals surface area contributed by atoms with Crippen LogP contribution in [0.5, 0.6) is 0 Å². The third-order valence-electron chi connectivity index (χ3n) is 4.80. The molecule has 0 aliphatic carbocycles. The second-order valence-electron chi connectivity index (χ2n) is 7.36. The highest BCUT2D eigenvalue weighted by molar-refractivity contribution is 6.04. The molecule has 35 heavy (non-hydrogen) atoms. The fourth-order valence-electron chi connectivity index (χ4n) is 3.21. The molecule has 3 aromatic heterocycles. The van der Waals surface area contributed by atoms with Gasteiger partial charge in [0.2, 0.25) is 5.95 Å². The number of anilines is 2. The Balaban J connectivity index is 0.000000429. The number of rotatable bonds is 4. The van der Waals surface area contributed by atoms with Crippen LogP contribution in [-0.4, -0.2) is 73.7 Å². The topological polar surface area (TPSA) is 130 Å².